The predicted molar refractivity (Wildman–Crippen MR) is 224 cm³/mol. The van der Waals surface area contributed by atoms with Gasteiger partial charge in [0.15, 0.2) is 0 Å². The largest absolute Gasteiger partial charge is 0.355 e. The van der Waals surface area contributed by atoms with E-state index < -0.39 is 0 Å². The van der Waals surface area contributed by atoms with Crippen LogP contribution in [0.1, 0.15) is 44.5 Å². The molecule has 0 aliphatic rings. The Hall–Kier alpha value is -6.96. The number of nitrogens with one attached hydrogen (secondary N) is 1. The van der Waals surface area contributed by atoms with Crippen LogP contribution in [0.25, 0.3) is 44.1 Å². The molecule has 9 rings (SSSR count). The highest BCUT2D eigenvalue weighted by Gasteiger charge is 2.20. The summed E-state index contributed by atoms with van der Waals surface area (Å²) in [7, 11) is 0. The summed E-state index contributed by atoms with van der Waals surface area (Å²) in [6, 6.07) is 78.5. The van der Waals surface area contributed by atoms with Gasteiger partial charge in [-0.1, -0.05) is 194 Å². The molecule has 0 unspecified atom stereocenters. The van der Waals surface area contributed by atoms with E-state index in [2.05, 4.69) is 223 Å². The number of hydrogen-bond donors (Lipinski definition) is 1. The van der Waals surface area contributed by atoms with Crippen molar-refractivity contribution in [3.05, 3.63) is 263 Å². The van der Waals surface area contributed by atoms with Crippen LogP contribution in [-0.2, 0) is 0 Å². The lowest BCUT2D eigenvalue weighted by molar-refractivity contribution is 1.50. The molecule has 0 amide bonds. The maximum atomic E-state index is 3.74. The number of aromatic amines is 1. The first-order valence-electron chi connectivity index (χ1n) is 18.2. The van der Waals surface area contributed by atoms with E-state index in [1.54, 1.807) is 0 Å². The van der Waals surface area contributed by atoms with Crippen molar-refractivity contribution in [3.63, 3.8) is 0 Å². The zero-order valence-corrected chi connectivity index (χ0v) is 29.3. The van der Waals surface area contributed by atoms with Gasteiger partial charge in [0, 0.05) is 21.8 Å². The van der Waals surface area contributed by atoms with Crippen LogP contribution < -0.4 is 0 Å². The highest BCUT2D eigenvalue weighted by Crippen LogP contribution is 2.41. The van der Waals surface area contributed by atoms with Gasteiger partial charge >= 0.3 is 0 Å². The quantitative estimate of drug-likeness (QED) is 0.154. The molecule has 1 nitrogen and oxygen atoms in total. The maximum absolute atomic E-state index is 3.74. The predicted octanol–water partition coefficient (Wildman–Crippen LogP) is 13.3. The van der Waals surface area contributed by atoms with Gasteiger partial charge in [-0.05, 0) is 91.1 Å². The summed E-state index contributed by atoms with van der Waals surface area (Å²) in [4.78, 5) is 3.74. The van der Waals surface area contributed by atoms with E-state index in [4.69, 9.17) is 0 Å². The summed E-state index contributed by atoms with van der Waals surface area (Å²) in [6.45, 7) is 0. The van der Waals surface area contributed by atoms with Crippen molar-refractivity contribution in [3.8, 4) is 0 Å². The zero-order valence-electron chi connectivity index (χ0n) is 29.3. The third kappa shape index (κ3) is 6.30. The minimum Gasteiger partial charge on any atom is -0.355 e. The summed E-state index contributed by atoms with van der Waals surface area (Å²) in [5.74, 6) is 0. The Morgan fingerprint density at radius 2 is 0.453 bits per heavy atom. The van der Waals surface area contributed by atoms with Gasteiger partial charge < -0.3 is 4.98 Å². The zero-order chi connectivity index (χ0) is 35.4. The minimum atomic E-state index is 1.12. The average Bonchev–Trinajstić information content (AvgIpc) is 3.61. The minimum absolute atomic E-state index is 1.12. The molecule has 1 heteroatoms. The Labute approximate surface area is 310 Å². The smallest absolute Gasteiger partial charge is 0.0465 e. The summed E-state index contributed by atoms with van der Waals surface area (Å²) in [5.41, 5.74) is 16.5. The van der Waals surface area contributed by atoms with Gasteiger partial charge in [-0.2, -0.15) is 0 Å². The first-order chi connectivity index (χ1) is 26.3. The van der Waals surface area contributed by atoms with Crippen LogP contribution in [-0.4, -0.2) is 4.98 Å². The van der Waals surface area contributed by atoms with Crippen LogP contribution in [0.15, 0.2) is 218 Å². The first kappa shape index (κ1) is 32.0. The number of fused-ring (bicyclic) bond motifs is 3. The molecule has 250 valence electrons. The summed E-state index contributed by atoms with van der Waals surface area (Å²) >= 11 is 0. The number of H-pyrrole nitrogens is 1. The maximum Gasteiger partial charge on any atom is 0.0465 e. The Kier molecular flexibility index (Phi) is 8.66. The van der Waals surface area contributed by atoms with Crippen LogP contribution >= 0.6 is 0 Å². The van der Waals surface area contributed by atoms with Crippen molar-refractivity contribution in [2.24, 2.45) is 0 Å². The molecule has 0 saturated carbocycles. The van der Waals surface area contributed by atoms with Crippen molar-refractivity contribution in [1.29, 1.82) is 0 Å². The van der Waals surface area contributed by atoms with E-state index >= 15 is 0 Å². The van der Waals surface area contributed by atoms with E-state index in [-0.39, 0.29) is 0 Å². The monoisotopic (exact) mass is 675 g/mol. The van der Waals surface area contributed by atoms with E-state index in [1.807, 2.05) is 0 Å². The molecule has 0 bridgehead atoms. The number of benzene rings is 8. The van der Waals surface area contributed by atoms with Gasteiger partial charge in [-0.3, -0.25) is 0 Å². The number of aromatic nitrogens is 1. The Morgan fingerprint density at radius 3 is 0.698 bits per heavy atom. The molecule has 0 saturated heterocycles. The van der Waals surface area contributed by atoms with E-state index in [0.29, 0.717) is 0 Å². The molecule has 9 aromatic rings. The van der Waals surface area contributed by atoms with Crippen LogP contribution in [0.5, 0.6) is 0 Å². The second kappa shape index (κ2) is 14.3. The van der Waals surface area contributed by atoms with Gasteiger partial charge in [0.25, 0.3) is 0 Å². The lowest BCUT2D eigenvalue weighted by Crippen LogP contribution is -1.97. The van der Waals surface area contributed by atoms with Gasteiger partial charge in [-0.25, -0.2) is 0 Å². The van der Waals surface area contributed by atoms with Gasteiger partial charge in [-0.15, -0.1) is 0 Å². The van der Waals surface area contributed by atoms with Crippen molar-refractivity contribution >= 4 is 44.1 Å². The molecular formula is C52H37N. The second-order valence-corrected chi connectivity index (χ2v) is 13.3. The summed E-state index contributed by atoms with van der Waals surface area (Å²) in [6.07, 6.45) is 0. The second-order valence-electron chi connectivity index (χ2n) is 13.3. The lowest BCUT2D eigenvalue weighted by Gasteiger charge is -2.18. The topological polar surface area (TPSA) is 15.8 Å². The highest BCUT2D eigenvalue weighted by atomic mass is 14.7. The molecule has 8 aromatic carbocycles. The fourth-order valence-electron chi connectivity index (χ4n) is 7.66. The van der Waals surface area contributed by atoms with Crippen molar-refractivity contribution < 1.29 is 0 Å². The van der Waals surface area contributed by atoms with E-state index in [0.717, 1.165) is 11.0 Å². The molecule has 0 spiro atoms. The van der Waals surface area contributed by atoms with Crippen LogP contribution in [0.2, 0.25) is 0 Å². The fourth-order valence-corrected chi connectivity index (χ4v) is 7.66. The Bertz CT molecular complexity index is 2430. The lowest BCUT2D eigenvalue weighted by atomic mass is 9.85. The third-order valence-electron chi connectivity index (χ3n) is 10.1. The van der Waals surface area contributed by atoms with Crippen molar-refractivity contribution in [1.82, 2.24) is 4.98 Å². The fraction of sp³-hybridized carbons (Fsp3) is 0. The molecular weight excluding hydrogens is 639 g/mol. The van der Waals surface area contributed by atoms with Crippen molar-refractivity contribution in [2.45, 2.75) is 0 Å². The van der Waals surface area contributed by atoms with Gasteiger partial charge in [0.05, 0.1) is 0 Å². The third-order valence-corrected chi connectivity index (χ3v) is 10.1. The molecule has 0 atom stereocenters. The molecule has 1 N–H and O–H groups in total. The molecule has 1 aromatic heterocycles. The Balaban J connectivity index is 1.32. The average molecular weight is 676 g/mol. The SMILES string of the molecule is c1ccc(C(=C(c2ccccc2)c2ccc3[nH]c4ccc(C(=C(c5ccccc5)c5ccccc5)c5ccccc5)cc4c3c2)c2ccccc2)cc1. The van der Waals surface area contributed by atoms with Crippen LogP contribution in [0.4, 0.5) is 0 Å². The molecule has 0 radical (unpaired) electrons. The van der Waals surface area contributed by atoms with Gasteiger partial charge in [0.1, 0.15) is 0 Å². The number of rotatable bonds is 8. The van der Waals surface area contributed by atoms with Gasteiger partial charge in [0.2, 0.25) is 0 Å². The number of hydrogen-bond acceptors (Lipinski definition) is 0. The standard InChI is InChI=1S/C52H37N/c1-7-19-37(20-8-1)49(38-21-9-2-10-22-38)51(41-27-15-5-16-28-41)43-31-33-47-45(35-43)46-36-44(32-34-48(46)53-47)52(42-29-17-6-18-30-42)50(39-23-11-3-12-24-39)40-25-13-4-14-26-40/h1-36,53H. The Morgan fingerprint density at radius 1 is 0.226 bits per heavy atom. The van der Waals surface area contributed by atoms with Crippen LogP contribution in [0, 0.1) is 0 Å². The van der Waals surface area contributed by atoms with Crippen LogP contribution in [0.3, 0.4) is 0 Å². The molecule has 0 fully saturated rings. The first-order valence-corrected chi connectivity index (χ1v) is 18.2. The summed E-state index contributed by atoms with van der Waals surface area (Å²) in [5, 5.41) is 2.39. The van der Waals surface area contributed by atoms with E-state index in [9.17, 15) is 0 Å². The molecule has 0 aliphatic carbocycles. The molecule has 53 heavy (non-hydrogen) atoms. The summed E-state index contributed by atoms with van der Waals surface area (Å²) < 4.78 is 0. The molecule has 0 aliphatic heterocycles. The van der Waals surface area contributed by atoms with E-state index in [1.165, 1.54) is 77.6 Å². The highest BCUT2D eigenvalue weighted by molar-refractivity contribution is 6.13. The van der Waals surface area contributed by atoms with Crippen molar-refractivity contribution in [2.75, 3.05) is 0 Å². The normalized spacial score (nSPS) is 11.0. The molecule has 1 heterocycles.